The molecule has 0 spiro atoms. The maximum Gasteiger partial charge on any atom is 0.158 e. The van der Waals surface area contributed by atoms with Gasteiger partial charge in [-0.3, -0.25) is 0 Å². The van der Waals surface area contributed by atoms with Gasteiger partial charge in [0, 0.05) is 39.9 Å². The highest BCUT2D eigenvalue weighted by molar-refractivity contribution is 6.29. The van der Waals surface area contributed by atoms with Crippen molar-refractivity contribution >= 4 is 17.4 Å². The maximum absolute atomic E-state index is 10.1. The minimum atomic E-state index is -0.880. The Morgan fingerprint density at radius 1 is 1.37 bits per heavy atom. The quantitative estimate of drug-likeness (QED) is 0.706. The number of aliphatic hydroxyl groups is 1. The molecule has 0 radical (unpaired) electrons. The molecule has 1 aromatic heterocycles. The van der Waals surface area contributed by atoms with E-state index in [0.29, 0.717) is 36.4 Å². The lowest BCUT2D eigenvalue weighted by Gasteiger charge is -2.23. The molecule has 0 amide bonds. The molecule has 0 aromatic carbocycles. The van der Waals surface area contributed by atoms with E-state index in [1.165, 1.54) is 0 Å². The summed E-state index contributed by atoms with van der Waals surface area (Å²) in [4.78, 5) is 8.26. The fraction of sp³-hybridized carbons (Fsp3) is 0.667. The van der Waals surface area contributed by atoms with Crippen molar-refractivity contribution < 1.29 is 14.6 Å². The second kappa shape index (κ2) is 7.59. The van der Waals surface area contributed by atoms with E-state index in [1.54, 1.807) is 27.2 Å². The van der Waals surface area contributed by atoms with Crippen LogP contribution in [-0.2, 0) is 16.1 Å². The Balaban J connectivity index is 2.61. The van der Waals surface area contributed by atoms with Gasteiger partial charge in [-0.25, -0.2) is 9.97 Å². The third-order valence-corrected chi connectivity index (χ3v) is 2.70. The number of ether oxygens (including phenoxy) is 2. The van der Waals surface area contributed by atoms with Crippen molar-refractivity contribution in [1.82, 2.24) is 9.97 Å². The summed E-state index contributed by atoms with van der Waals surface area (Å²) in [6, 6.07) is 1.60. The Morgan fingerprint density at radius 3 is 2.74 bits per heavy atom. The summed E-state index contributed by atoms with van der Waals surface area (Å²) in [5, 5.41) is 13.5. The standard InChI is InChI=1S/C12H20ClN3O3/c1-12(17,4-5-18-2)8-14-10-6-9(13)15-11(16-10)7-19-3/h6,17H,4-5,7-8H2,1-3H3,(H,14,15,16). The first-order valence-corrected chi connectivity index (χ1v) is 6.32. The predicted octanol–water partition coefficient (Wildman–Crippen LogP) is 1.48. The Kier molecular flexibility index (Phi) is 6.44. The van der Waals surface area contributed by atoms with Crippen molar-refractivity contribution in [2.75, 3.05) is 32.7 Å². The van der Waals surface area contributed by atoms with Crippen LogP contribution < -0.4 is 5.32 Å². The number of halogens is 1. The molecule has 0 saturated heterocycles. The van der Waals surface area contributed by atoms with Crippen molar-refractivity contribution in [1.29, 1.82) is 0 Å². The lowest BCUT2D eigenvalue weighted by atomic mass is 10.0. The Labute approximate surface area is 118 Å². The van der Waals surface area contributed by atoms with Crippen molar-refractivity contribution in [3.05, 3.63) is 17.0 Å². The molecule has 0 aliphatic carbocycles. The molecule has 1 unspecified atom stereocenters. The maximum atomic E-state index is 10.1. The smallest absolute Gasteiger partial charge is 0.158 e. The van der Waals surface area contributed by atoms with Crippen LogP contribution in [0.5, 0.6) is 0 Å². The zero-order valence-electron chi connectivity index (χ0n) is 11.4. The fourth-order valence-electron chi connectivity index (χ4n) is 1.44. The van der Waals surface area contributed by atoms with Crippen LogP contribution in [0.15, 0.2) is 6.07 Å². The largest absolute Gasteiger partial charge is 0.388 e. The SMILES string of the molecule is COCCC(C)(O)CNc1cc(Cl)nc(COC)n1. The minimum absolute atomic E-state index is 0.287. The highest BCUT2D eigenvalue weighted by Gasteiger charge is 2.20. The van der Waals surface area contributed by atoms with Crippen molar-refractivity contribution in [2.24, 2.45) is 0 Å². The fourth-order valence-corrected chi connectivity index (χ4v) is 1.64. The van der Waals surface area contributed by atoms with Crippen LogP contribution in [0, 0.1) is 0 Å². The van der Waals surface area contributed by atoms with Gasteiger partial charge in [0.1, 0.15) is 17.6 Å². The van der Waals surface area contributed by atoms with Gasteiger partial charge in [0.05, 0.1) is 5.60 Å². The average molecular weight is 290 g/mol. The molecule has 0 fully saturated rings. The van der Waals surface area contributed by atoms with E-state index in [2.05, 4.69) is 15.3 Å². The van der Waals surface area contributed by atoms with Gasteiger partial charge in [-0.2, -0.15) is 0 Å². The third kappa shape index (κ3) is 6.15. The summed E-state index contributed by atoms with van der Waals surface area (Å²) in [6.07, 6.45) is 0.528. The van der Waals surface area contributed by atoms with Crippen molar-refractivity contribution in [2.45, 2.75) is 25.6 Å². The van der Waals surface area contributed by atoms with E-state index in [-0.39, 0.29) is 6.61 Å². The number of anilines is 1. The third-order valence-electron chi connectivity index (χ3n) is 2.51. The lowest BCUT2D eigenvalue weighted by Crippen LogP contribution is -2.35. The van der Waals surface area contributed by atoms with Crippen LogP contribution in [0.2, 0.25) is 5.15 Å². The van der Waals surface area contributed by atoms with Crippen molar-refractivity contribution in [3.8, 4) is 0 Å². The van der Waals surface area contributed by atoms with Gasteiger partial charge in [-0.15, -0.1) is 0 Å². The molecule has 19 heavy (non-hydrogen) atoms. The van der Waals surface area contributed by atoms with Gasteiger partial charge >= 0.3 is 0 Å². The highest BCUT2D eigenvalue weighted by Crippen LogP contribution is 2.15. The number of nitrogens with zero attached hydrogens (tertiary/aromatic N) is 2. The number of rotatable bonds is 8. The molecular weight excluding hydrogens is 270 g/mol. The van der Waals surface area contributed by atoms with Gasteiger partial charge in [-0.05, 0) is 6.92 Å². The van der Waals surface area contributed by atoms with Gasteiger partial charge in [0.15, 0.2) is 5.82 Å². The van der Waals surface area contributed by atoms with Gasteiger partial charge < -0.3 is 19.9 Å². The van der Waals surface area contributed by atoms with Crippen LogP contribution in [-0.4, -0.2) is 48.0 Å². The minimum Gasteiger partial charge on any atom is -0.388 e. The molecule has 1 heterocycles. The summed E-state index contributed by atoms with van der Waals surface area (Å²) >= 11 is 5.89. The average Bonchev–Trinajstić information content (AvgIpc) is 2.34. The molecule has 6 nitrogen and oxygen atoms in total. The van der Waals surface area contributed by atoms with E-state index in [0.717, 1.165) is 0 Å². The second-order valence-corrected chi connectivity index (χ2v) is 4.91. The number of nitrogens with one attached hydrogen (secondary N) is 1. The molecule has 0 aliphatic rings. The van der Waals surface area contributed by atoms with E-state index in [4.69, 9.17) is 21.1 Å². The van der Waals surface area contributed by atoms with E-state index in [9.17, 15) is 5.11 Å². The summed E-state index contributed by atoms with van der Waals surface area (Å²) in [5.41, 5.74) is -0.880. The van der Waals surface area contributed by atoms with Gasteiger partial charge in [0.2, 0.25) is 0 Å². The predicted molar refractivity (Wildman–Crippen MR) is 73.4 cm³/mol. The topological polar surface area (TPSA) is 76.5 Å². The number of hydrogen-bond acceptors (Lipinski definition) is 6. The molecule has 108 valence electrons. The molecule has 7 heteroatoms. The normalized spacial score (nSPS) is 14.2. The summed E-state index contributed by atoms with van der Waals surface area (Å²) in [7, 11) is 3.16. The first-order valence-electron chi connectivity index (χ1n) is 5.94. The van der Waals surface area contributed by atoms with Crippen molar-refractivity contribution in [3.63, 3.8) is 0 Å². The first-order chi connectivity index (χ1) is 8.96. The van der Waals surface area contributed by atoms with Crippen LogP contribution >= 0.6 is 11.6 Å². The highest BCUT2D eigenvalue weighted by atomic mass is 35.5. The zero-order valence-corrected chi connectivity index (χ0v) is 12.2. The second-order valence-electron chi connectivity index (χ2n) is 4.52. The van der Waals surface area contributed by atoms with E-state index < -0.39 is 5.60 Å². The monoisotopic (exact) mass is 289 g/mol. The van der Waals surface area contributed by atoms with E-state index in [1.807, 2.05) is 0 Å². The Morgan fingerprint density at radius 2 is 2.11 bits per heavy atom. The number of aromatic nitrogens is 2. The number of methoxy groups -OCH3 is 2. The lowest BCUT2D eigenvalue weighted by molar-refractivity contribution is 0.0357. The molecule has 0 saturated carbocycles. The molecular formula is C12H20ClN3O3. The Hall–Kier alpha value is -0.950. The zero-order chi connectivity index (χ0) is 14.3. The first kappa shape index (κ1) is 16.1. The molecule has 0 bridgehead atoms. The molecule has 2 N–H and O–H groups in total. The van der Waals surface area contributed by atoms with Crippen LogP contribution in [0.3, 0.4) is 0 Å². The summed E-state index contributed by atoms with van der Waals surface area (Å²) in [6.45, 7) is 2.86. The summed E-state index contributed by atoms with van der Waals surface area (Å²) < 4.78 is 9.91. The molecule has 1 aromatic rings. The van der Waals surface area contributed by atoms with E-state index >= 15 is 0 Å². The van der Waals surface area contributed by atoms with Crippen LogP contribution in [0.1, 0.15) is 19.2 Å². The molecule has 0 aliphatic heterocycles. The van der Waals surface area contributed by atoms with Crippen LogP contribution in [0.4, 0.5) is 5.82 Å². The van der Waals surface area contributed by atoms with Crippen LogP contribution in [0.25, 0.3) is 0 Å². The van der Waals surface area contributed by atoms with Gasteiger partial charge in [-0.1, -0.05) is 11.6 Å². The Bertz CT molecular complexity index is 402. The summed E-state index contributed by atoms with van der Waals surface area (Å²) in [5.74, 6) is 1.05. The molecule has 1 rings (SSSR count). The number of hydrogen-bond donors (Lipinski definition) is 2. The molecule has 1 atom stereocenters. The van der Waals surface area contributed by atoms with Gasteiger partial charge in [0.25, 0.3) is 0 Å².